The summed E-state index contributed by atoms with van der Waals surface area (Å²) in [6, 6.07) is 7.85. The van der Waals surface area contributed by atoms with Crippen LogP contribution in [0.15, 0.2) is 28.7 Å². The van der Waals surface area contributed by atoms with Gasteiger partial charge in [-0.05, 0) is 49.3 Å². The van der Waals surface area contributed by atoms with Gasteiger partial charge in [0, 0.05) is 31.0 Å². The zero-order valence-corrected chi connectivity index (χ0v) is 16.5. The molecule has 2 aliphatic rings. The maximum absolute atomic E-state index is 13.5. The number of halogens is 1. The second kappa shape index (κ2) is 8.01. The van der Waals surface area contributed by atoms with E-state index < -0.39 is 0 Å². The number of amides is 1. The number of aromatic nitrogens is 2. The summed E-state index contributed by atoms with van der Waals surface area (Å²) in [6.45, 7) is 3.32. The highest BCUT2D eigenvalue weighted by Gasteiger charge is 2.36. The highest BCUT2D eigenvalue weighted by molar-refractivity contribution is 6.30. The lowest BCUT2D eigenvalue weighted by Gasteiger charge is -2.35. The molecular weight excluding hydrogens is 362 g/mol. The number of aryl methyl sites for hydroxylation is 1. The van der Waals surface area contributed by atoms with Crippen LogP contribution in [0.2, 0.25) is 5.02 Å². The molecule has 4 rings (SSSR count). The van der Waals surface area contributed by atoms with Gasteiger partial charge in [-0.3, -0.25) is 4.79 Å². The fraction of sp³-hybridized carbons (Fsp3) is 0.571. The Hall–Kier alpha value is -1.88. The third-order valence-electron chi connectivity index (χ3n) is 6.06. The SMILES string of the molecule is Cc1nnc(C2CCN(C(=O)C(c3ccc(Cl)cc3)C3CCCC3)CC2)o1. The van der Waals surface area contributed by atoms with Crippen molar-refractivity contribution in [2.75, 3.05) is 13.1 Å². The molecule has 1 aromatic heterocycles. The van der Waals surface area contributed by atoms with Crippen LogP contribution in [-0.4, -0.2) is 34.1 Å². The zero-order chi connectivity index (χ0) is 18.8. The van der Waals surface area contributed by atoms with Crippen LogP contribution in [0.3, 0.4) is 0 Å². The van der Waals surface area contributed by atoms with Crippen molar-refractivity contribution in [2.24, 2.45) is 5.92 Å². The maximum Gasteiger partial charge on any atom is 0.230 e. The van der Waals surface area contributed by atoms with Gasteiger partial charge in [0.1, 0.15) is 0 Å². The topological polar surface area (TPSA) is 59.2 Å². The highest BCUT2D eigenvalue weighted by Crippen LogP contribution is 2.40. The van der Waals surface area contributed by atoms with E-state index in [0.717, 1.165) is 44.3 Å². The molecule has 1 aliphatic carbocycles. The van der Waals surface area contributed by atoms with Crippen LogP contribution < -0.4 is 0 Å². The number of likely N-dealkylation sites (tertiary alicyclic amines) is 1. The molecule has 1 amide bonds. The number of benzene rings is 1. The molecule has 1 saturated carbocycles. The first-order chi connectivity index (χ1) is 13.1. The van der Waals surface area contributed by atoms with Gasteiger partial charge in [0.05, 0.1) is 5.92 Å². The van der Waals surface area contributed by atoms with E-state index in [4.69, 9.17) is 16.0 Å². The number of nitrogens with zero attached hydrogens (tertiary/aromatic N) is 3. The van der Waals surface area contributed by atoms with Gasteiger partial charge >= 0.3 is 0 Å². The lowest BCUT2D eigenvalue weighted by molar-refractivity contribution is -0.135. The minimum absolute atomic E-state index is 0.0491. The van der Waals surface area contributed by atoms with Crippen LogP contribution in [0.1, 0.15) is 67.7 Å². The van der Waals surface area contributed by atoms with E-state index in [1.165, 1.54) is 12.8 Å². The average Bonchev–Trinajstić information content (AvgIpc) is 3.36. The predicted molar refractivity (Wildman–Crippen MR) is 104 cm³/mol. The van der Waals surface area contributed by atoms with Gasteiger partial charge in [0.2, 0.25) is 17.7 Å². The fourth-order valence-corrected chi connectivity index (χ4v) is 4.72. The Morgan fingerprint density at radius 2 is 1.78 bits per heavy atom. The summed E-state index contributed by atoms with van der Waals surface area (Å²) in [5.74, 6) is 2.24. The Bertz CT molecular complexity index is 775. The minimum Gasteiger partial charge on any atom is -0.425 e. The van der Waals surface area contributed by atoms with Crippen LogP contribution in [0.4, 0.5) is 0 Å². The third-order valence-corrected chi connectivity index (χ3v) is 6.32. The Kier molecular flexibility index (Phi) is 5.48. The van der Waals surface area contributed by atoms with E-state index in [2.05, 4.69) is 10.2 Å². The van der Waals surface area contributed by atoms with Gasteiger partial charge in [-0.15, -0.1) is 10.2 Å². The molecule has 6 heteroatoms. The molecule has 1 aliphatic heterocycles. The average molecular weight is 388 g/mol. The molecule has 0 radical (unpaired) electrons. The van der Waals surface area contributed by atoms with Crippen molar-refractivity contribution in [2.45, 2.75) is 57.3 Å². The summed E-state index contributed by atoms with van der Waals surface area (Å²) in [4.78, 5) is 15.5. The standard InChI is InChI=1S/C21H26ClN3O2/c1-14-23-24-20(27-14)17-10-12-25(13-11-17)21(26)19(15-4-2-3-5-15)16-6-8-18(22)9-7-16/h6-9,15,17,19H,2-5,10-13H2,1H3. The Balaban J connectivity index is 1.47. The van der Waals surface area contributed by atoms with Crippen molar-refractivity contribution in [3.8, 4) is 0 Å². The molecule has 144 valence electrons. The normalized spacial score (nSPS) is 20.1. The first-order valence-electron chi connectivity index (χ1n) is 9.96. The monoisotopic (exact) mass is 387 g/mol. The van der Waals surface area contributed by atoms with Crippen molar-refractivity contribution >= 4 is 17.5 Å². The summed E-state index contributed by atoms with van der Waals surface area (Å²) in [5.41, 5.74) is 1.10. The predicted octanol–water partition coefficient (Wildman–Crippen LogP) is 4.71. The lowest BCUT2D eigenvalue weighted by Crippen LogP contribution is -2.42. The summed E-state index contributed by atoms with van der Waals surface area (Å²) >= 11 is 6.07. The van der Waals surface area contributed by atoms with Gasteiger partial charge in [0.15, 0.2) is 0 Å². The van der Waals surface area contributed by atoms with Crippen LogP contribution in [0.5, 0.6) is 0 Å². The highest BCUT2D eigenvalue weighted by atomic mass is 35.5. The van der Waals surface area contributed by atoms with Crippen molar-refractivity contribution in [3.05, 3.63) is 46.6 Å². The summed E-state index contributed by atoms with van der Waals surface area (Å²) in [6.07, 6.45) is 6.48. The Morgan fingerprint density at radius 3 is 2.37 bits per heavy atom. The van der Waals surface area contributed by atoms with E-state index >= 15 is 0 Å². The first kappa shape index (κ1) is 18.5. The van der Waals surface area contributed by atoms with E-state index in [1.54, 1.807) is 0 Å². The second-order valence-corrected chi connectivity index (χ2v) is 8.27. The van der Waals surface area contributed by atoms with Crippen molar-refractivity contribution < 1.29 is 9.21 Å². The summed E-state index contributed by atoms with van der Waals surface area (Å²) in [7, 11) is 0. The molecule has 1 aromatic carbocycles. The second-order valence-electron chi connectivity index (χ2n) is 7.83. The lowest BCUT2D eigenvalue weighted by atomic mass is 9.83. The molecule has 0 spiro atoms. The number of carbonyl (C=O) groups excluding carboxylic acids is 1. The zero-order valence-electron chi connectivity index (χ0n) is 15.7. The van der Waals surface area contributed by atoms with Gasteiger partial charge in [-0.25, -0.2) is 0 Å². The molecule has 2 fully saturated rings. The van der Waals surface area contributed by atoms with Crippen molar-refractivity contribution in [3.63, 3.8) is 0 Å². The van der Waals surface area contributed by atoms with Crippen molar-refractivity contribution in [1.82, 2.24) is 15.1 Å². The molecule has 2 heterocycles. The van der Waals surface area contributed by atoms with Gasteiger partial charge in [0.25, 0.3) is 0 Å². The van der Waals surface area contributed by atoms with Crippen molar-refractivity contribution in [1.29, 1.82) is 0 Å². The molecule has 1 atom stereocenters. The molecule has 2 aromatic rings. The molecule has 1 saturated heterocycles. The number of piperidine rings is 1. The van der Waals surface area contributed by atoms with Gasteiger partial charge in [-0.1, -0.05) is 36.6 Å². The number of rotatable bonds is 4. The minimum atomic E-state index is -0.0491. The third kappa shape index (κ3) is 4.03. The largest absolute Gasteiger partial charge is 0.425 e. The molecule has 0 bridgehead atoms. The van der Waals surface area contributed by atoms with E-state index in [-0.39, 0.29) is 17.7 Å². The van der Waals surface area contributed by atoms with Gasteiger partial charge < -0.3 is 9.32 Å². The van der Waals surface area contributed by atoms with E-state index in [1.807, 2.05) is 36.1 Å². The van der Waals surface area contributed by atoms with Crippen LogP contribution >= 0.6 is 11.6 Å². The quantitative estimate of drug-likeness (QED) is 0.762. The molecule has 5 nitrogen and oxygen atoms in total. The van der Waals surface area contributed by atoms with E-state index in [9.17, 15) is 4.79 Å². The number of hydrogen-bond acceptors (Lipinski definition) is 4. The number of hydrogen-bond donors (Lipinski definition) is 0. The molecular formula is C21H26ClN3O2. The molecule has 27 heavy (non-hydrogen) atoms. The van der Waals surface area contributed by atoms with E-state index in [0.29, 0.717) is 22.7 Å². The summed E-state index contributed by atoms with van der Waals surface area (Å²) < 4.78 is 5.59. The number of carbonyl (C=O) groups is 1. The Labute approximate surface area is 165 Å². The maximum atomic E-state index is 13.5. The first-order valence-corrected chi connectivity index (χ1v) is 10.3. The molecule has 0 N–H and O–H groups in total. The summed E-state index contributed by atoms with van der Waals surface area (Å²) in [5, 5.41) is 8.81. The molecule has 1 unspecified atom stereocenters. The fourth-order valence-electron chi connectivity index (χ4n) is 4.60. The van der Waals surface area contributed by atoms with Crippen LogP contribution in [0.25, 0.3) is 0 Å². The van der Waals surface area contributed by atoms with Crippen LogP contribution in [0, 0.1) is 12.8 Å². The van der Waals surface area contributed by atoms with Gasteiger partial charge in [-0.2, -0.15) is 0 Å². The smallest absolute Gasteiger partial charge is 0.230 e. The Morgan fingerprint density at radius 1 is 1.11 bits per heavy atom. The van der Waals surface area contributed by atoms with Crippen LogP contribution in [-0.2, 0) is 4.79 Å².